The number of hydrogen-bond donors (Lipinski definition) is 1. The van der Waals surface area contributed by atoms with Crippen LogP contribution in [0.15, 0.2) is 39.9 Å². The molecule has 2 aliphatic rings. The van der Waals surface area contributed by atoms with Crippen molar-refractivity contribution in [2.45, 2.75) is 25.9 Å². The van der Waals surface area contributed by atoms with Crippen LogP contribution in [0.5, 0.6) is 0 Å². The summed E-state index contributed by atoms with van der Waals surface area (Å²) in [5, 5.41) is 3.44. The Balaban J connectivity index is 0.00000240. The number of benzene rings is 1. The number of rotatable bonds is 4. The summed E-state index contributed by atoms with van der Waals surface area (Å²) in [7, 11) is 1.84. The van der Waals surface area contributed by atoms with E-state index in [0.717, 1.165) is 56.6 Å². The molecule has 1 atom stereocenters. The van der Waals surface area contributed by atoms with Gasteiger partial charge < -0.3 is 19.4 Å². The van der Waals surface area contributed by atoms with Gasteiger partial charge in [-0.3, -0.25) is 9.89 Å². The molecule has 1 N–H and O–H groups in total. The van der Waals surface area contributed by atoms with E-state index in [-0.39, 0.29) is 24.0 Å². The molecule has 158 valence electrons. The first kappa shape index (κ1) is 22.0. The van der Waals surface area contributed by atoms with Gasteiger partial charge in [0.15, 0.2) is 5.96 Å². The Morgan fingerprint density at radius 1 is 1.21 bits per heavy atom. The molecule has 1 aromatic carbocycles. The number of halogens is 1. The Morgan fingerprint density at radius 2 is 1.97 bits per heavy atom. The molecule has 29 heavy (non-hydrogen) atoms. The summed E-state index contributed by atoms with van der Waals surface area (Å²) in [6.45, 7) is 8.46. The number of likely N-dealkylation sites (tertiary alicyclic amines) is 1. The number of aliphatic imine (C=N–C) groups is 1. The molecule has 2 aliphatic heterocycles. The molecule has 7 nitrogen and oxygen atoms in total. The molecule has 0 bridgehead atoms. The monoisotopic (exact) mass is 511 g/mol. The second kappa shape index (κ2) is 10.4. The smallest absolute Gasteiger partial charge is 0.226 e. The van der Waals surface area contributed by atoms with Gasteiger partial charge in [0.25, 0.3) is 0 Å². The van der Waals surface area contributed by atoms with Gasteiger partial charge >= 0.3 is 0 Å². The zero-order valence-electron chi connectivity index (χ0n) is 17.1. The number of aromatic nitrogens is 1. The molecule has 0 aliphatic carbocycles. The number of guanidine groups is 1. The topological polar surface area (TPSA) is 66.1 Å². The minimum Gasteiger partial charge on any atom is -0.444 e. The minimum absolute atomic E-state index is 0. The van der Waals surface area contributed by atoms with Crippen molar-refractivity contribution in [1.29, 1.82) is 0 Å². The molecule has 4 rings (SSSR count). The molecular weight excluding hydrogens is 481 g/mol. The Bertz CT molecular complexity index is 802. The van der Waals surface area contributed by atoms with Crippen LogP contribution in [0.2, 0.25) is 0 Å². The molecule has 0 spiro atoms. The average Bonchev–Trinajstić information content (AvgIpc) is 3.40. The van der Waals surface area contributed by atoms with Crippen LogP contribution in [0.1, 0.15) is 17.7 Å². The predicted molar refractivity (Wildman–Crippen MR) is 125 cm³/mol. The number of ether oxygens (including phenoxy) is 1. The van der Waals surface area contributed by atoms with Crippen molar-refractivity contribution in [3.63, 3.8) is 0 Å². The van der Waals surface area contributed by atoms with Gasteiger partial charge in [-0.2, -0.15) is 0 Å². The minimum atomic E-state index is 0. The maximum atomic E-state index is 5.66. The van der Waals surface area contributed by atoms with Crippen molar-refractivity contribution in [3.8, 4) is 11.5 Å². The van der Waals surface area contributed by atoms with Crippen LogP contribution in [-0.4, -0.2) is 73.2 Å². The quantitative estimate of drug-likeness (QED) is 0.387. The van der Waals surface area contributed by atoms with Gasteiger partial charge in [-0.15, -0.1) is 24.0 Å². The van der Waals surface area contributed by atoms with Gasteiger partial charge in [0.05, 0.1) is 25.5 Å². The maximum Gasteiger partial charge on any atom is 0.226 e. The molecule has 0 amide bonds. The van der Waals surface area contributed by atoms with Crippen molar-refractivity contribution >= 4 is 29.9 Å². The highest BCUT2D eigenvalue weighted by Gasteiger charge is 2.30. The van der Waals surface area contributed by atoms with Gasteiger partial charge in [0.2, 0.25) is 5.89 Å². The number of hydrogen-bond acceptors (Lipinski definition) is 5. The molecule has 3 heterocycles. The predicted octanol–water partition coefficient (Wildman–Crippen LogP) is 2.75. The first-order valence-electron chi connectivity index (χ1n) is 10.0. The van der Waals surface area contributed by atoms with Crippen LogP contribution in [0.25, 0.3) is 11.5 Å². The van der Waals surface area contributed by atoms with Crippen molar-refractivity contribution in [2.24, 2.45) is 4.99 Å². The van der Waals surface area contributed by atoms with E-state index in [1.807, 2.05) is 19.2 Å². The van der Waals surface area contributed by atoms with Crippen LogP contribution in [0, 0.1) is 6.92 Å². The summed E-state index contributed by atoms with van der Waals surface area (Å²) < 4.78 is 11.1. The van der Waals surface area contributed by atoms with E-state index >= 15 is 0 Å². The van der Waals surface area contributed by atoms with Crippen LogP contribution >= 0.6 is 24.0 Å². The average molecular weight is 511 g/mol. The molecule has 2 fully saturated rings. The molecule has 1 unspecified atom stereocenters. The Morgan fingerprint density at radius 3 is 2.69 bits per heavy atom. The normalized spacial score (nSPS) is 20.6. The molecule has 8 heteroatoms. The zero-order chi connectivity index (χ0) is 19.3. The Hall–Kier alpha value is -1.65. The molecular formula is C21H30IN5O2. The SMILES string of the molecule is CN=C(NCc1coc(-c2ccc(C)cc2)n1)N1CCC(N2CCOCC2)C1.I. The summed E-state index contributed by atoms with van der Waals surface area (Å²) in [5.41, 5.74) is 3.09. The number of morpholine rings is 1. The lowest BCUT2D eigenvalue weighted by Gasteiger charge is -2.32. The van der Waals surface area contributed by atoms with E-state index in [1.165, 1.54) is 12.0 Å². The van der Waals surface area contributed by atoms with E-state index in [2.05, 4.69) is 44.1 Å². The highest BCUT2D eigenvalue weighted by Crippen LogP contribution is 2.20. The van der Waals surface area contributed by atoms with Gasteiger partial charge in [-0.1, -0.05) is 17.7 Å². The summed E-state index contributed by atoms with van der Waals surface area (Å²) in [5.74, 6) is 1.58. The van der Waals surface area contributed by atoms with E-state index < -0.39 is 0 Å². The van der Waals surface area contributed by atoms with Gasteiger partial charge in [-0.25, -0.2) is 4.98 Å². The van der Waals surface area contributed by atoms with Gasteiger partial charge in [0, 0.05) is 44.8 Å². The highest BCUT2D eigenvalue weighted by molar-refractivity contribution is 14.0. The number of oxazole rings is 1. The highest BCUT2D eigenvalue weighted by atomic mass is 127. The largest absolute Gasteiger partial charge is 0.444 e. The summed E-state index contributed by atoms with van der Waals surface area (Å²) >= 11 is 0. The van der Waals surface area contributed by atoms with Crippen LogP contribution < -0.4 is 5.32 Å². The summed E-state index contributed by atoms with van der Waals surface area (Å²) in [6.07, 6.45) is 2.89. The third-order valence-electron chi connectivity index (χ3n) is 5.51. The number of nitrogens with zero attached hydrogens (tertiary/aromatic N) is 4. The van der Waals surface area contributed by atoms with Crippen molar-refractivity contribution in [2.75, 3.05) is 46.4 Å². The Kier molecular flexibility index (Phi) is 7.91. The fraction of sp³-hybridized carbons (Fsp3) is 0.524. The van der Waals surface area contributed by atoms with E-state index in [0.29, 0.717) is 18.5 Å². The molecule has 2 aromatic rings. The molecule has 1 aromatic heterocycles. The second-order valence-corrected chi connectivity index (χ2v) is 7.45. The van der Waals surface area contributed by atoms with Crippen molar-refractivity contribution in [3.05, 3.63) is 41.8 Å². The van der Waals surface area contributed by atoms with Crippen LogP contribution in [0.4, 0.5) is 0 Å². The molecule has 2 saturated heterocycles. The Labute approximate surface area is 189 Å². The third-order valence-corrected chi connectivity index (χ3v) is 5.51. The standard InChI is InChI=1S/C21H29N5O2.HI/c1-16-3-5-17(6-4-16)20-24-18(15-28-20)13-23-21(22-2)26-8-7-19(14-26)25-9-11-27-12-10-25;/h3-6,15,19H,7-14H2,1-2H3,(H,22,23);1H. The van der Waals surface area contributed by atoms with E-state index in [1.54, 1.807) is 6.26 Å². The summed E-state index contributed by atoms with van der Waals surface area (Å²) in [4.78, 5) is 14.0. The number of nitrogens with one attached hydrogen (secondary N) is 1. The van der Waals surface area contributed by atoms with E-state index in [9.17, 15) is 0 Å². The molecule has 0 radical (unpaired) electrons. The first-order valence-corrected chi connectivity index (χ1v) is 10.0. The lowest BCUT2D eigenvalue weighted by molar-refractivity contribution is 0.0195. The van der Waals surface area contributed by atoms with E-state index in [4.69, 9.17) is 9.15 Å². The lowest BCUT2D eigenvalue weighted by Crippen LogP contribution is -2.46. The third kappa shape index (κ3) is 5.49. The fourth-order valence-corrected chi connectivity index (χ4v) is 3.89. The number of aryl methyl sites for hydroxylation is 1. The lowest BCUT2D eigenvalue weighted by atomic mass is 10.1. The van der Waals surface area contributed by atoms with Crippen LogP contribution in [-0.2, 0) is 11.3 Å². The molecule has 0 saturated carbocycles. The van der Waals surface area contributed by atoms with Gasteiger partial charge in [-0.05, 0) is 25.5 Å². The van der Waals surface area contributed by atoms with Crippen LogP contribution in [0.3, 0.4) is 0 Å². The zero-order valence-corrected chi connectivity index (χ0v) is 19.5. The van der Waals surface area contributed by atoms with Gasteiger partial charge in [0.1, 0.15) is 6.26 Å². The second-order valence-electron chi connectivity index (χ2n) is 7.45. The van der Waals surface area contributed by atoms with Crippen molar-refractivity contribution < 1.29 is 9.15 Å². The fourth-order valence-electron chi connectivity index (χ4n) is 3.89. The maximum absolute atomic E-state index is 5.66. The first-order chi connectivity index (χ1) is 13.7. The van der Waals surface area contributed by atoms with Crippen molar-refractivity contribution in [1.82, 2.24) is 20.1 Å². The summed E-state index contributed by atoms with van der Waals surface area (Å²) in [6, 6.07) is 8.79.